The van der Waals surface area contributed by atoms with E-state index in [0.717, 1.165) is 0 Å². The summed E-state index contributed by atoms with van der Waals surface area (Å²) in [4.78, 5) is 0. The van der Waals surface area contributed by atoms with Crippen LogP contribution in [-0.2, 0) is 0 Å². The summed E-state index contributed by atoms with van der Waals surface area (Å²) in [5.74, 6) is 0.487. The normalized spacial score (nSPS) is 14.9. The van der Waals surface area contributed by atoms with Crippen molar-refractivity contribution in [1.29, 1.82) is 0 Å². The molecular formula is C9H14. The van der Waals surface area contributed by atoms with Crippen LogP contribution in [-0.4, -0.2) is 0 Å². The maximum atomic E-state index is 3.66. The fourth-order valence-electron chi connectivity index (χ4n) is 0.429. The predicted molar refractivity (Wildman–Crippen MR) is 43.3 cm³/mol. The Morgan fingerprint density at radius 1 is 1.33 bits per heavy atom. The van der Waals surface area contributed by atoms with Crippen molar-refractivity contribution in [1.82, 2.24) is 0 Å². The van der Waals surface area contributed by atoms with E-state index in [1.165, 1.54) is 0 Å². The Bertz CT molecular complexity index is 118. The summed E-state index contributed by atoms with van der Waals surface area (Å²) in [6.07, 6.45) is 10.1. The highest BCUT2D eigenvalue weighted by Gasteiger charge is 1.82. The molecule has 0 aromatic rings. The second-order valence-corrected chi connectivity index (χ2v) is 2.01. The zero-order chi connectivity index (χ0) is 7.11. The first-order chi connectivity index (χ1) is 4.31. The third-order valence-corrected chi connectivity index (χ3v) is 1.09. The number of rotatable bonds is 3. The van der Waals surface area contributed by atoms with E-state index >= 15 is 0 Å². The van der Waals surface area contributed by atoms with Gasteiger partial charge in [-0.1, -0.05) is 37.3 Å². The molecule has 0 heterocycles. The van der Waals surface area contributed by atoms with Gasteiger partial charge in [-0.3, -0.25) is 0 Å². The molecule has 1 atom stereocenters. The van der Waals surface area contributed by atoms with Crippen molar-refractivity contribution in [2.75, 3.05) is 0 Å². The molecule has 0 radical (unpaired) electrons. The van der Waals surface area contributed by atoms with Crippen molar-refractivity contribution in [3.8, 4) is 0 Å². The van der Waals surface area contributed by atoms with E-state index in [4.69, 9.17) is 0 Å². The van der Waals surface area contributed by atoms with Gasteiger partial charge in [0.2, 0.25) is 0 Å². The summed E-state index contributed by atoms with van der Waals surface area (Å²) in [6.45, 7) is 7.77. The lowest BCUT2D eigenvalue weighted by Gasteiger charge is -1.91. The molecule has 0 saturated carbocycles. The van der Waals surface area contributed by atoms with E-state index < -0.39 is 0 Å². The first kappa shape index (κ1) is 8.22. The van der Waals surface area contributed by atoms with Crippen molar-refractivity contribution >= 4 is 0 Å². The maximum absolute atomic E-state index is 3.66. The topological polar surface area (TPSA) is 0 Å². The van der Waals surface area contributed by atoms with E-state index in [2.05, 4.69) is 19.6 Å². The van der Waals surface area contributed by atoms with Gasteiger partial charge in [-0.15, -0.1) is 6.58 Å². The maximum Gasteiger partial charge on any atom is -0.00814 e. The van der Waals surface area contributed by atoms with E-state index in [0.29, 0.717) is 5.92 Å². The molecule has 0 amide bonds. The van der Waals surface area contributed by atoms with Crippen LogP contribution < -0.4 is 0 Å². The van der Waals surface area contributed by atoms with Gasteiger partial charge in [0.05, 0.1) is 0 Å². The standard InChI is InChI=1S/C9H14/c1-4-6-7-8-9(3)5-2/h4-9H,2H2,1,3H3. The minimum absolute atomic E-state index is 0.487. The molecule has 0 aliphatic rings. The molecule has 1 unspecified atom stereocenters. The third-order valence-electron chi connectivity index (χ3n) is 1.09. The fraction of sp³-hybridized carbons (Fsp3) is 0.333. The summed E-state index contributed by atoms with van der Waals surface area (Å²) in [7, 11) is 0. The van der Waals surface area contributed by atoms with Gasteiger partial charge >= 0.3 is 0 Å². The summed E-state index contributed by atoms with van der Waals surface area (Å²) in [6, 6.07) is 0. The number of hydrogen-bond acceptors (Lipinski definition) is 0. The van der Waals surface area contributed by atoms with Crippen molar-refractivity contribution in [2.24, 2.45) is 5.92 Å². The smallest absolute Gasteiger partial charge is 0.00814 e. The van der Waals surface area contributed by atoms with Gasteiger partial charge in [-0.05, 0) is 12.8 Å². The minimum atomic E-state index is 0.487. The van der Waals surface area contributed by atoms with E-state index in [1.807, 2.05) is 31.2 Å². The Morgan fingerprint density at radius 3 is 2.44 bits per heavy atom. The van der Waals surface area contributed by atoms with Crippen LogP contribution in [0.15, 0.2) is 37.0 Å². The second kappa shape index (κ2) is 5.36. The van der Waals surface area contributed by atoms with Crippen LogP contribution in [0.5, 0.6) is 0 Å². The monoisotopic (exact) mass is 122 g/mol. The Morgan fingerprint density at radius 2 is 2.00 bits per heavy atom. The Kier molecular flexibility index (Phi) is 4.89. The van der Waals surface area contributed by atoms with E-state index in [1.54, 1.807) is 0 Å². The summed E-state index contributed by atoms with van der Waals surface area (Å²) < 4.78 is 0. The first-order valence-corrected chi connectivity index (χ1v) is 3.23. The van der Waals surface area contributed by atoms with E-state index in [-0.39, 0.29) is 0 Å². The molecule has 9 heavy (non-hydrogen) atoms. The molecule has 0 heteroatoms. The zero-order valence-corrected chi connectivity index (χ0v) is 6.17. The molecule has 0 nitrogen and oxygen atoms in total. The first-order valence-electron chi connectivity index (χ1n) is 3.23. The van der Waals surface area contributed by atoms with Crippen LogP contribution in [0, 0.1) is 5.92 Å². The quantitative estimate of drug-likeness (QED) is 0.399. The largest absolute Gasteiger partial charge is 0.102 e. The van der Waals surface area contributed by atoms with Gasteiger partial charge in [-0.2, -0.15) is 0 Å². The highest BCUT2D eigenvalue weighted by molar-refractivity contribution is 5.05. The molecule has 0 fully saturated rings. The van der Waals surface area contributed by atoms with Crippen LogP contribution in [0.1, 0.15) is 13.8 Å². The zero-order valence-electron chi connectivity index (χ0n) is 6.17. The molecule has 0 rings (SSSR count). The van der Waals surface area contributed by atoms with Crippen LogP contribution in [0.2, 0.25) is 0 Å². The Hall–Kier alpha value is -0.780. The summed E-state index contributed by atoms with van der Waals surface area (Å²) >= 11 is 0. The lowest BCUT2D eigenvalue weighted by atomic mass is 10.2. The van der Waals surface area contributed by atoms with Crippen molar-refractivity contribution < 1.29 is 0 Å². The lowest BCUT2D eigenvalue weighted by molar-refractivity contribution is 0.944. The lowest BCUT2D eigenvalue weighted by Crippen LogP contribution is -1.77. The SMILES string of the molecule is C=CC(C)C=CC=CC. The van der Waals surface area contributed by atoms with Crippen LogP contribution in [0.4, 0.5) is 0 Å². The Balaban J connectivity index is 3.55. The van der Waals surface area contributed by atoms with Gasteiger partial charge in [0.25, 0.3) is 0 Å². The van der Waals surface area contributed by atoms with E-state index in [9.17, 15) is 0 Å². The van der Waals surface area contributed by atoms with Gasteiger partial charge < -0.3 is 0 Å². The predicted octanol–water partition coefficient (Wildman–Crippen LogP) is 2.94. The second-order valence-electron chi connectivity index (χ2n) is 2.01. The van der Waals surface area contributed by atoms with Crippen molar-refractivity contribution in [2.45, 2.75) is 13.8 Å². The van der Waals surface area contributed by atoms with Gasteiger partial charge in [0, 0.05) is 0 Å². The molecular weight excluding hydrogens is 108 g/mol. The molecule has 0 aliphatic heterocycles. The molecule has 0 aromatic heterocycles. The van der Waals surface area contributed by atoms with Gasteiger partial charge in [0.1, 0.15) is 0 Å². The number of hydrogen-bond donors (Lipinski definition) is 0. The van der Waals surface area contributed by atoms with Crippen molar-refractivity contribution in [3.05, 3.63) is 37.0 Å². The molecule has 0 bridgehead atoms. The van der Waals surface area contributed by atoms with Crippen LogP contribution in [0.25, 0.3) is 0 Å². The fourth-order valence-corrected chi connectivity index (χ4v) is 0.429. The average molecular weight is 122 g/mol. The molecule has 50 valence electrons. The minimum Gasteiger partial charge on any atom is -0.102 e. The summed E-state index contributed by atoms with van der Waals surface area (Å²) in [5.41, 5.74) is 0. The molecule has 0 saturated heterocycles. The Labute approximate surface area is 57.6 Å². The molecule has 0 spiro atoms. The highest BCUT2D eigenvalue weighted by atomic mass is 13.9. The van der Waals surface area contributed by atoms with Gasteiger partial charge in [0.15, 0.2) is 0 Å². The van der Waals surface area contributed by atoms with Crippen LogP contribution in [0.3, 0.4) is 0 Å². The third kappa shape index (κ3) is 5.09. The highest BCUT2D eigenvalue weighted by Crippen LogP contribution is 1.96. The van der Waals surface area contributed by atoms with Gasteiger partial charge in [-0.25, -0.2) is 0 Å². The van der Waals surface area contributed by atoms with Crippen molar-refractivity contribution in [3.63, 3.8) is 0 Å². The molecule has 0 aromatic carbocycles. The summed E-state index contributed by atoms with van der Waals surface area (Å²) in [5, 5.41) is 0. The average Bonchev–Trinajstić information content (AvgIpc) is 1.89. The number of allylic oxidation sites excluding steroid dienone is 5. The molecule has 0 N–H and O–H groups in total. The van der Waals surface area contributed by atoms with Crippen LogP contribution >= 0.6 is 0 Å². The molecule has 0 aliphatic carbocycles.